The zero-order chi connectivity index (χ0) is 24.0. The first-order valence-electron chi connectivity index (χ1n) is 9.67. The van der Waals surface area contributed by atoms with Gasteiger partial charge in [-0.1, -0.05) is 17.7 Å². The topological polar surface area (TPSA) is 119 Å². The van der Waals surface area contributed by atoms with E-state index in [2.05, 4.69) is 4.98 Å². The second-order valence-corrected chi connectivity index (χ2v) is 8.72. The molecule has 2 amide bonds. The van der Waals surface area contributed by atoms with Crippen LogP contribution >= 0.6 is 11.6 Å². The number of hydrogen-bond acceptors (Lipinski definition) is 4. The van der Waals surface area contributed by atoms with Crippen molar-refractivity contribution in [1.82, 2.24) is 14.5 Å². The van der Waals surface area contributed by atoms with Crippen molar-refractivity contribution >= 4 is 34.5 Å². The van der Waals surface area contributed by atoms with Crippen LogP contribution in [0.2, 0.25) is 5.02 Å². The van der Waals surface area contributed by atoms with Crippen molar-refractivity contribution in [2.45, 2.75) is 39.3 Å². The van der Waals surface area contributed by atoms with E-state index >= 15 is 0 Å². The monoisotopic (exact) mass is 460 g/mol. The molecule has 8 nitrogen and oxygen atoms in total. The van der Waals surface area contributed by atoms with E-state index in [1.807, 2.05) is 0 Å². The number of nitrogens with zero attached hydrogens (tertiary/aromatic N) is 3. The largest absolute Gasteiger partial charge is 0.465 e. The first-order valence-corrected chi connectivity index (χ1v) is 10.0. The Morgan fingerprint density at radius 1 is 1.25 bits per heavy atom. The number of carbonyl (C=O) groups excluding carboxylic acids is 1. The van der Waals surface area contributed by atoms with Gasteiger partial charge in [0, 0.05) is 11.1 Å². The summed E-state index contributed by atoms with van der Waals surface area (Å²) in [6, 6.07) is 7.06. The lowest BCUT2D eigenvalue weighted by molar-refractivity contribution is 0.0719. The molecule has 0 saturated heterocycles. The molecule has 0 aliphatic rings. The number of fused-ring (bicyclic) bond motifs is 1. The smallest absolute Gasteiger partial charge is 0.408 e. The number of halogens is 2. The molecule has 32 heavy (non-hydrogen) atoms. The summed E-state index contributed by atoms with van der Waals surface area (Å²) in [5.74, 6) is -1.38. The molecule has 0 saturated carbocycles. The molecule has 3 N–H and O–H groups in total. The molecule has 0 aliphatic carbocycles. The number of nitrogens with two attached hydrogens (primary N) is 1. The highest BCUT2D eigenvalue weighted by Crippen LogP contribution is 2.30. The van der Waals surface area contributed by atoms with Crippen LogP contribution in [0.4, 0.5) is 9.18 Å². The summed E-state index contributed by atoms with van der Waals surface area (Å²) in [6.45, 7) is 6.70. The normalized spacial score (nSPS) is 12.6. The molecule has 10 heteroatoms. The van der Waals surface area contributed by atoms with Crippen molar-refractivity contribution in [1.29, 1.82) is 0 Å². The Morgan fingerprint density at radius 3 is 2.47 bits per heavy atom. The third-order valence-electron chi connectivity index (χ3n) is 5.00. The minimum Gasteiger partial charge on any atom is -0.465 e. The molecule has 1 heterocycles. The molecule has 1 atom stereocenters. The molecule has 0 aliphatic heterocycles. The van der Waals surface area contributed by atoms with Crippen LogP contribution in [0.5, 0.6) is 0 Å². The van der Waals surface area contributed by atoms with Gasteiger partial charge in [0.15, 0.2) is 0 Å². The van der Waals surface area contributed by atoms with Crippen molar-refractivity contribution < 1.29 is 19.1 Å². The number of aromatic nitrogens is 2. The summed E-state index contributed by atoms with van der Waals surface area (Å²) in [5.41, 5.74) is 4.27. The zero-order valence-corrected chi connectivity index (χ0v) is 18.6. The van der Waals surface area contributed by atoms with Gasteiger partial charge >= 0.3 is 6.09 Å². The summed E-state index contributed by atoms with van der Waals surface area (Å²) in [7, 11) is 0. The van der Waals surface area contributed by atoms with E-state index in [4.69, 9.17) is 17.3 Å². The standard InChI is InChI=1S/C22H22ClFN4O4/c1-11(28(21(31)32)22(2,3)4)19-26-17-15(9-13(24)10-16(17)23)20(30)27(19)14-7-5-6-12(8-14)18(25)29/h5-11H,1-4H3,(H2,25,29)(H,31,32)/t11-/m0/s1. The molecule has 0 unspecified atom stereocenters. The fourth-order valence-corrected chi connectivity index (χ4v) is 3.96. The van der Waals surface area contributed by atoms with E-state index < -0.39 is 35.0 Å². The van der Waals surface area contributed by atoms with Gasteiger partial charge in [-0.05, 0) is 58.0 Å². The van der Waals surface area contributed by atoms with Crippen LogP contribution in [0.1, 0.15) is 49.9 Å². The lowest BCUT2D eigenvalue weighted by Crippen LogP contribution is -2.47. The SMILES string of the molecule is C[C@@H](c1nc2c(Cl)cc(F)cc2c(=O)n1-c1cccc(C(N)=O)c1)N(C(=O)O)C(C)(C)C. The van der Waals surface area contributed by atoms with E-state index in [-0.39, 0.29) is 33.0 Å². The van der Waals surface area contributed by atoms with E-state index in [1.165, 1.54) is 18.2 Å². The predicted octanol–water partition coefficient (Wildman–Crippen LogP) is 4.12. The second kappa shape index (κ2) is 8.23. The third kappa shape index (κ3) is 4.16. The molecule has 0 spiro atoms. The molecular weight excluding hydrogens is 439 g/mol. The fraction of sp³-hybridized carbons (Fsp3) is 0.273. The fourth-order valence-electron chi connectivity index (χ4n) is 3.71. The van der Waals surface area contributed by atoms with Crippen molar-refractivity contribution in [2.75, 3.05) is 0 Å². The Kier molecular flexibility index (Phi) is 5.97. The molecule has 3 rings (SSSR count). The van der Waals surface area contributed by atoms with E-state index in [1.54, 1.807) is 33.8 Å². The van der Waals surface area contributed by atoms with Gasteiger partial charge < -0.3 is 10.8 Å². The highest BCUT2D eigenvalue weighted by atomic mass is 35.5. The Morgan fingerprint density at radius 2 is 1.91 bits per heavy atom. The minimum atomic E-state index is -1.22. The van der Waals surface area contributed by atoms with Gasteiger partial charge in [-0.15, -0.1) is 0 Å². The summed E-state index contributed by atoms with van der Waals surface area (Å²) in [6.07, 6.45) is -1.22. The summed E-state index contributed by atoms with van der Waals surface area (Å²) >= 11 is 6.17. The van der Waals surface area contributed by atoms with Crippen LogP contribution in [0, 0.1) is 5.82 Å². The Labute approximate surface area is 188 Å². The van der Waals surface area contributed by atoms with Crippen LogP contribution in [-0.2, 0) is 0 Å². The molecule has 2 aromatic carbocycles. The van der Waals surface area contributed by atoms with Gasteiger partial charge in [0.1, 0.15) is 11.6 Å². The zero-order valence-electron chi connectivity index (χ0n) is 17.9. The Bertz CT molecular complexity index is 1300. The molecule has 168 valence electrons. The van der Waals surface area contributed by atoms with Crippen LogP contribution in [-0.4, -0.2) is 37.1 Å². The number of amides is 2. The van der Waals surface area contributed by atoms with Crippen molar-refractivity contribution in [3.05, 3.63) is 69.0 Å². The maximum Gasteiger partial charge on any atom is 0.408 e. The van der Waals surface area contributed by atoms with Crippen molar-refractivity contribution in [3.8, 4) is 5.69 Å². The number of hydrogen-bond donors (Lipinski definition) is 2. The lowest BCUT2D eigenvalue weighted by atomic mass is 10.0. The van der Waals surface area contributed by atoms with Crippen molar-refractivity contribution in [3.63, 3.8) is 0 Å². The van der Waals surface area contributed by atoms with Crippen LogP contribution in [0.15, 0.2) is 41.2 Å². The van der Waals surface area contributed by atoms with E-state index in [9.17, 15) is 23.9 Å². The highest BCUT2D eigenvalue weighted by Gasteiger charge is 2.34. The summed E-state index contributed by atoms with van der Waals surface area (Å²) in [5, 5.41) is 9.69. The number of primary amides is 1. The second-order valence-electron chi connectivity index (χ2n) is 8.31. The van der Waals surface area contributed by atoms with Crippen LogP contribution < -0.4 is 11.3 Å². The molecule has 3 aromatic rings. The van der Waals surface area contributed by atoms with Gasteiger partial charge in [-0.2, -0.15) is 0 Å². The van der Waals surface area contributed by atoms with Crippen LogP contribution in [0.3, 0.4) is 0 Å². The number of carboxylic acid groups (broad SMARTS) is 1. The number of rotatable bonds is 4. The minimum absolute atomic E-state index is 0.0430. The average Bonchev–Trinajstić information content (AvgIpc) is 2.67. The van der Waals surface area contributed by atoms with Gasteiger partial charge in [-0.25, -0.2) is 14.2 Å². The maximum atomic E-state index is 14.0. The number of carbonyl (C=O) groups is 2. The van der Waals surface area contributed by atoms with E-state index in [0.717, 1.165) is 21.6 Å². The molecule has 0 bridgehead atoms. The Hall–Kier alpha value is -3.46. The summed E-state index contributed by atoms with van der Waals surface area (Å²) in [4.78, 5) is 42.9. The average molecular weight is 461 g/mol. The van der Waals surface area contributed by atoms with Gasteiger partial charge in [0.2, 0.25) is 5.91 Å². The third-order valence-corrected chi connectivity index (χ3v) is 5.28. The first-order chi connectivity index (χ1) is 14.8. The van der Waals surface area contributed by atoms with Crippen molar-refractivity contribution in [2.24, 2.45) is 5.73 Å². The molecule has 0 radical (unpaired) electrons. The lowest BCUT2D eigenvalue weighted by Gasteiger charge is -2.38. The highest BCUT2D eigenvalue weighted by molar-refractivity contribution is 6.35. The predicted molar refractivity (Wildman–Crippen MR) is 119 cm³/mol. The Balaban J connectivity index is 2.45. The van der Waals surface area contributed by atoms with Gasteiger partial charge in [0.05, 0.1) is 27.7 Å². The number of benzene rings is 2. The van der Waals surface area contributed by atoms with Gasteiger partial charge in [0.25, 0.3) is 5.56 Å². The maximum absolute atomic E-state index is 14.0. The van der Waals surface area contributed by atoms with Crippen LogP contribution in [0.25, 0.3) is 16.6 Å². The van der Waals surface area contributed by atoms with Gasteiger partial charge in [-0.3, -0.25) is 19.1 Å². The molecule has 1 aromatic heterocycles. The molecule has 0 fully saturated rings. The first kappa shape index (κ1) is 23.2. The quantitative estimate of drug-likeness (QED) is 0.607. The van der Waals surface area contributed by atoms with E-state index in [0.29, 0.717) is 0 Å². The summed E-state index contributed by atoms with van der Waals surface area (Å²) < 4.78 is 15.2. The molecular formula is C22H22ClFN4O4.